The molecule has 128 valence electrons. The molecule has 6 heteroatoms. The highest BCUT2D eigenvalue weighted by Crippen LogP contribution is 2.14. The second-order valence-corrected chi connectivity index (χ2v) is 5.89. The molecule has 0 bridgehead atoms. The molecule has 0 radical (unpaired) electrons. The number of rotatable bonds is 5. The lowest BCUT2D eigenvalue weighted by molar-refractivity contribution is 0.0779. The molecule has 0 atom stereocenters. The van der Waals surface area contributed by atoms with Gasteiger partial charge in [-0.1, -0.05) is 35.0 Å². The molecular formula is C19H20N4O2. The van der Waals surface area contributed by atoms with Gasteiger partial charge in [-0.25, -0.2) is 4.68 Å². The summed E-state index contributed by atoms with van der Waals surface area (Å²) in [5.41, 5.74) is 3.37. The number of hydrogen-bond acceptors (Lipinski definition) is 4. The van der Waals surface area contributed by atoms with Crippen LogP contribution in [0.1, 0.15) is 21.6 Å². The lowest BCUT2D eigenvalue weighted by Gasteiger charge is -2.15. The number of aromatic nitrogens is 3. The summed E-state index contributed by atoms with van der Waals surface area (Å²) in [6.07, 6.45) is 1.65. The zero-order chi connectivity index (χ0) is 17.8. The number of carbonyl (C=O) groups is 1. The van der Waals surface area contributed by atoms with Gasteiger partial charge in [-0.05, 0) is 36.8 Å². The number of benzene rings is 2. The van der Waals surface area contributed by atoms with Gasteiger partial charge in [-0.15, -0.1) is 5.10 Å². The van der Waals surface area contributed by atoms with Gasteiger partial charge in [0.2, 0.25) is 0 Å². The molecular weight excluding hydrogens is 316 g/mol. The molecule has 3 aromatic rings. The maximum Gasteiger partial charge on any atom is 0.276 e. The highest BCUT2D eigenvalue weighted by Gasteiger charge is 2.16. The van der Waals surface area contributed by atoms with Crippen LogP contribution in [0.15, 0.2) is 54.7 Å². The largest absolute Gasteiger partial charge is 0.497 e. The molecule has 0 fully saturated rings. The molecule has 25 heavy (non-hydrogen) atoms. The van der Waals surface area contributed by atoms with E-state index < -0.39 is 0 Å². The van der Waals surface area contributed by atoms with Crippen LogP contribution >= 0.6 is 0 Å². The van der Waals surface area contributed by atoms with Crippen LogP contribution < -0.4 is 4.74 Å². The Labute approximate surface area is 146 Å². The Bertz CT molecular complexity index is 854. The number of carbonyl (C=O) groups excluding carboxylic acids is 1. The molecule has 2 aromatic carbocycles. The minimum atomic E-state index is -0.172. The topological polar surface area (TPSA) is 60.2 Å². The highest BCUT2D eigenvalue weighted by molar-refractivity contribution is 5.91. The molecule has 0 aliphatic carbocycles. The van der Waals surface area contributed by atoms with Crippen LogP contribution in [0, 0.1) is 6.92 Å². The first-order valence-corrected chi connectivity index (χ1v) is 7.94. The fourth-order valence-corrected chi connectivity index (χ4v) is 2.46. The Kier molecular flexibility index (Phi) is 4.79. The standard InChI is InChI=1S/C19H20N4O2/c1-14-4-8-16(9-5-14)23-13-18(20-21-23)19(24)22(2)12-15-6-10-17(25-3)11-7-15/h4-11,13H,12H2,1-3H3. The lowest BCUT2D eigenvalue weighted by Crippen LogP contribution is -2.26. The first kappa shape index (κ1) is 16.7. The van der Waals surface area contributed by atoms with E-state index in [-0.39, 0.29) is 5.91 Å². The number of nitrogens with zero attached hydrogens (tertiary/aromatic N) is 4. The summed E-state index contributed by atoms with van der Waals surface area (Å²) in [7, 11) is 3.37. The van der Waals surface area contributed by atoms with Crippen LogP contribution in [0.3, 0.4) is 0 Å². The third-order valence-electron chi connectivity index (χ3n) is 3.94. The van der Waals surface area contributed by atoms with E-state index in [0.29, 0.717) is 12.2 Å². The van der Waals surface area contributed by atoms with Crippen molar-refractivity contribution in [3.63, 3.8) is 0 Å². The molecule has 1 heterocycles. The zero-order valence-corrected chi connectivity index (χ0v) is 14.5. The predicted molar refractivity (Wildman–Crippen MR) is 94.9 cm³/mol. The van der Waals surface area contributed by atoms with E-state index in [1.54, 1.807) is 29.9 Å². The average Bonchev–Trinajstić information content (AvgIpc) is 3.12. The Morgan fingerprint density at radius 2 is 1.80 bits per heavy atom. The van der Waals surface area contributed by atoms with E-state index in [1.165, 1.54) is 5.56 Å². The van der Waals surface area contributed by atoms with Crippen LogP contribution in [-0.2, 0) is 6.54 Å². The summed E-state index contributed by atoms with van der Waals surface area (Å²) in [5, 5.41) is 8.06. The molecule has 1 amide bonds. The first-order valence-electron chi connectivity index (χ1n) is 7.94. The van der Waals surface area contributed by atoms with E-state index >= 15 is 0 Å². The van der Waals surface area contributed by atoms with Crippen molar-refractivity contribution in [3.8, 4) is 11.4 Å². The van der Waals surface area contributed by atoms with Gasteiger partial charge in [0, 0.05) is 13.6 Å². The normalized spacial score (nSPS) is 10.5. The van der Waals surface area contributed by atoms with Crippen LogP contribution in [-0.4, -0.2) is 40.0 Å². The van der Waals surface area contributed by atoms with Gasteiger partial charge < -0.3 is 9.64 Å². The number of aryl methyl sites for hydroxylation is 1. The fourth-order valence-electron chi connectivity index (χ4n) is 2.46. The zero-order valence-electron chi connectivity index (χ0n) is 14.5. The van der Waals surface area contributed by atoms with Crippen molar-refractivity contribution in [2.45, 2.75) is 13.5 Å². The van der Waals surface area contributed by atoms with Crippen molar-refractivity contribution in [2.24, 2.45) is 0 Å². The minimum absolute atomic E-state index is 0.172. The molecule has 0 saturated carbocycles. The van der Waals surface area contributed by atoms with Gasteiger partial charge in [0.1, 0.15) is 5.75 Å². The third-order valence-corrected chi connectivity index (χ3v) is 3.94. The van der Waals surface area contributed by atoms with E-state index in [0.717, 1.165) is 17.0 Å². The fraction of sp³-hybridized carbons (Fsp3) is 0.211. The number of hydrogen-bond donors (Lipinski definition) is 0. The van der Waals surface area contributed by atoms with Crippen molar-refractivity contribution in [2.75, 3.05) is 14.2 Å². The second kappa shape index (κ2) is 7.17. The number of ether oxygens (including phenoxy) is 1. The quantitative estimate of drug-likeness (QED) is 0.719. The predicted octanol–water partition coefficient (Wildman–Crippen LogP) is 2.86. The van der Waals surface area contributed by atoms with Crippen LogP contribution in [0.5, 0.6) is 5.75 Å². The Hall–Kier alpha value is -3.15. The smallest absolute Gasteiger partial charge is 0.276 e. The first-order chi connectivity index (χ1) is 12.1. The molecule has 0 N–H and O–H groups in total. The SMILES string of the molecule is COc1ccc(CN(C)C(=O)c2cn(-c3ccc(C)cc3)nn2)cc1. The Morgan fingerprint density at radius 3 is 2.44 bits per heavy atom. The summed E-state index contributed by atoms with van der Waals surface area (Å²) >= 11 is 0. The van der Waals surface area contributed by atoms with Gasteiger partial charge in [0.25, 0.3) is 5.91 Å². The molecule has 6 nitrogen and oxygen atoms in total. The number of amides is 1. The maximum atomic E-state index is 12.6. The lowest BCUT2D eigenvalue weighted by atomic mass is 10.2. The molecule has 0 unspecified atom stereocenters. The number of methoxy groups -OCH3 is 1. The second-order valence-electron chi connectivity index (χ2n) is 5.89. The van der Waals surface area contributed by atoms with E-state index in [4.69, 9.17) is 4.74 Å². The molecule has 1 aromatic heterocycles. The summed E-state index contributed by atoms with van der Waals surface area (Å²) < 4.78 is 6.75. The van der Waals surface area contributed by atoms with Gasteiger partial charge in [-0.2, -0.15) is 0 Å². The summed E-state index contributed by atoms with van der Waals surface area (Å²) in [6, 6.07) is 15.5. The van der Waals surface area contributed by atoms with Gasteiger partial charge in [0.05, 0.1) is 19.0 Å². The highest BCUT2D eigenvalue weighted by atomic mass is 16.5. The van der Waals surface area contributed by atoms with Crippen LogP contribution in [0.4, 0.5) is 0 Å². The Balaban J connectivity index is 1.70. The minimum Gasteiger partial charge on any atom is -0.497 e. The van der Waals surface area contributed by atoms with Crippen molar-refractivity contribution in [1.29, 1.82) is 0 Å². The monoisotopic (exact) mass is 336 g/mol. The molecule has 0 spiro atoms. The summed E-state index contributed by atoms with van der Waals surface area (Å²) in [5.74, 6) is 0.618. The van der Waals surface area contributed by atoms with E-state index in [1.807, 2.05) is 55.5 Å². The van der Waals surface area contributed by atoms with E-state index in [2.05, 4.69) is 10.3 Å². The summed E-state index contributed by atoms with van der Waals surface area (Å²) in [6.45, 7) is 2.51. The van der Waals surface area contributed by atoms with Gasteiger partial charge >= 0.3 is 0 Å². The summed E-state index contributed by atoms with van der Waals surface area (Å²) in [4.78, 5) is 14.2. The van der Waals surface area contributed by atoms with Crippen LogP contribution in [0.2, 0.25) is 0 Å². The maximum absolute atomic E-state index is 12.6. The molecule has 0 saturated heterocycles. The third kappa shape index (κ3) is 3.85. The molecule has 0 aliphatic rings. The van der Waals surface area contributed by atoms with Gasteiger partial charge in [-0.3, -0.25) is 4.79 Å². The molecule has 3 rings (SSSR count). The van der Waals surface area contributed by atoms with Gasteiger partial charge in [0.15, 0.2) is 5.69 Å². The van der Waals surface area contributed by atoms with Crippen molar-refractivity contribution in [3.05, 3.63) is 71.5 Å². The Morgan fingerprint density at radius 1 is 1.12 bits per heavy atom. The van der Waals surface area contributed by atoms with Crippen molar-refractivity contribution in [1.82, 2.24) is 19.9 Å². The van der Waals surface area contributed by atoms with Crippen LogP contribution in [0.25, 0.3) is 5.69 Å². The van der Waals surface area contributed by atoms with E-state index in [9.17, 15) is 4.79 Å². The molecule has 0 aliphatic heterocycles. The van der Waals surface area contributed by atoms with Crippen molar-refractivity contribution < 1.29 is 9.53 Å². The average molecular weight is 336 g/mol. The van der Waals surface area contributed by atoms with Crippen molar-refractivity contribution >= 4 is 5.91 Å².